The van der Waals surface area contributed by atoms with Gasteiger partial charge in [-0.05, 0) is 26.0 Å². The lowest BCUT2D eigenvalue weighted by Gasteiger charge is -2.12. The highest BCUT2D eigenvalue weighted by molar-refractivity contribution is 6.01. The molecule has 0 atom stereocenters. The zero-order chi connectivity index (χ0) is 12.6. The molecule has 0 aliphatic rings. The minimum absolute atomic E-state index is 0.386. The fourth-order valence-electron chi connectivity index (χ4n) is 1.60. The van der Waals surface area contributed by atoms with Gasteiger partial charge in [0.1, 0.15) is 16.9 Å². The van der Waals surface area contributed by atoms with Crippen LogP contribution in [0.25, 0.3) is 11.0 Å². The minimum atomic E-state index is -1.08. The highest BCUT2D eigenvalue weighted by Gasteiger charge is 2.22. The maximum atomic E-state index is 11.5. The van der Waals surface area contributed by atoms with Crippen LogP contribution in [0.2, 0.25) is 0 Å². The number of aromatic nitrogens is 2. The maximum absolute atomic E-state index is 11.5. The lowest BCUT2D eigenvalue weighted by molar-refractivity contribution is 0.0601. The summed E-state index contributed by atoms with van der Waals surface area (Å²) in [5, 5.41) is 9.87. The molecule has 17 heavy (non-hydrogen) atoms. The Morgan fingerprint density at radius 2 is 2.18 bits per heavy atom. The van der Waals surface area contributed by atoms with Crippen LogP contribution in [0.3, 0.4) is 0 Å². The number of esters is 1. The van der Waals surface area contributed by atoms with Gasteiger partial charge < -0.3 is 14.8 Å². The van der Waals surface area contributed by atoms with Crippen molar-refractivity contribution in [3.63, 3.8) is 0 Å². The molecule has 2 rings (SSSR count). The number of para-hydroxylation sites is 1. The SMILES string of the molecule is COC(=O)c1cccc2[nH]c(C(C)(C)O)nc12. The molecule has 0 fully saturated rings. The molecule has 1 aromatic carbocycles. The van der Waals surface area contributed by atoms with Crippen molar-refractivity contribution in [1.29, 1.82) is 0 Å². The number of fused-ring (bicyclic) bond motifs is 1. The van der Waals surface area contributed by atoms with Crippen LogP contribution < -0.4 is 0 Å². The molecular weight excluding hydrogens is 220 g/mol. The van der Waals surface area contributed by atoms with E-state index in [1.807, 2.05) is 0 Å². The number of hydrogen-bond donors (Lipinski definition) is 2. The first-order valence-electron chi connectivity index (χ1n) is 5.23. The van der Waals surface area contributed by atoms with Crippen molar-refractivity contribution in [3.05, 3.63) is 29.6 Å². The van der Waals surface area contributed by atoms with Gasteiger partial charge in [0, 0.05) is 0 Å². The van der Waals surface area contributed by atoms with Gasteiger partial charge in [0.2, 0.25) is 0 Å². The van der Waals surface area contributed by atoms with E-state index in [4.69, 9.17) is 0 Å². The predicted molar refractivity (Wildman–Crippen MR) is 62.7 cm³/mol. The molecule has 0 spiro atoms. The number of benzene rings is 1. The Labute approximate surface area is 98.4 Å². The van der Waals surface area contributed by atoms with Gasteiger partial charge in [-0.1, -0.05) is 6.07 Å². The first-order valence-corrected chi connectivity index (χ1v) is 5.23. The Balaban J connectivity index is 2.65. The molecule has 5 heteroatoms. The van der Waals surface area contributed by atoms with Crippen LogP contribution in [0.5, 0.6) is 0 Å². The zero-order valence-corrected chi connectivity index (χ0v) is 9.94. The van der Waals surface area contributed by atoms with Crippen LogP contribution in [-0.4, -0.2) is 28.2 Å². The van der Waals surface area contributed by atoms with Crippen LogP contribution in [0.15, 0.2) is 18.2 Å². The molecule has 0 bridgehead atoms. The number of aliphatic hydroxyl groups is 1. The summed E-state index contributed by atoms with van der Waals surface area (Å²) in [6.45, 7) is 3.26. The van der Waals surface area contributed by atoms with E-state index in [-0.39, 0.29) is 0 Å². The Hall–Kier alpha value is -1.88. The predicted octanol–water partition coefficient (Wildman–Crippen LogP) is 1.58. The van der Waals surface area contributed by atoms with Gasteiger partial charge in [-0.3, -0.25) is 0 Å². The number of methoxy groups -OCH3 is 1. The normalized spacial score (nSPS) is 11.8. The van der Waals surface area contributed by atoms with Gasteiger partial charge in [0.05, 0.1) is 18.2 Å². The van der Waals surface area contributed by atoms with Crippen molar-refractivity contribution in [1.82, 2.24) is 9.97 Å². The quantitative estimate of drug-likeness (QED) is 0.773. The van der Waals surface area contributed by atoms with Crippen molar-refractivity contribution in [2.75, 3.05) is 7.11 Å². The molecule has 0 radical (unpaired) electrons. The molecule has 0 aliphatic heterocycles. The molecule has 0 amide bonds. The second-order valence-electron chi connectivity index (χ2n) is 4.34. The van der Waals surface area contributed by atoms with Crippen LogP contribution in [-0.2, 0) is 10.3 Å². The fraction of sp³-hybridized carbons (Fsp3) is 0.333. The molecule has 2 N–H and O–H groups in total. The number of H-pyrrole nitrogens is 1. The average Bonchev–Trinajstić information content (AvgIpc) is 2.71. The number of carbonyl (C=O) groups is 1. The van der Waals surface area contributed by atoms with Gasteiger partial charge >= 0.3 is 5.97 Å². The van der Waals surface area contributed by atoms with E-state index in [0.29, 0.717) is 22.4 Å². The number of nitrogens with one attached hydrogen (secondary N) is 1. The molecular formula is C12H14N2O3. The topological polar surface area (TPSA) is 75.2 Å². The third-order valence-electron chi connectivity index (χ3n) is 2.50. The molecule has 0 saturated heterocycles. The largest absolute Gasteiger partial charge is 0.465 e. The average molecular weight is 234 g/mol. The zero-order valence-electron chi connectivity index (χ0n) is 9.94. The van der Waals surface area contributed by atoms with Crippen LogP contribution in [0.4, 0.5) is 0 Å². The Morgan fingerprint density at radius 3 is 2.76 bits per heavy atom. The molecule has 2 aromatic rings. The summed E-state index contributed by atoms with van der Waals surface area (Å²) < 4.78 is 4.68. The van der Waals surface area contributed by atoms with Crippen LogP contribution in [0, 0.1) is 0 Å². The monoisotopic (exact) mass is 234 g/mol. The van der Waals surface area contributed by atoms with E-state index in [0.717, 1.165) is 0 Å². The number of ether oxygens (including phenoxy) is 1. The second kappa shape index (κ2) is 3.85. The third kappa shape index (κ3) is 2.01. The summed E-state index contributed by atoms with van der Waals surface area (Å²) in [6, 6.07) is 5.17. The van der Waals surface area contributed by atoms with Gasteiger partial charge in [-0.25, -0.2) is 9.78 Å². The highest BCUT2D eigenvalue weighted by Crippen LogP contribution is 2.23. The van der Waals surface area contributed by atoms with E-state index in [9.17, 15) is 9.90 Å². The first-order chi connectivity index (χ1) is 7.93. The summed E-state index contributed by atoms with van der Waals surface area (Å²) in [7, 11) is 1.32. The Morgan fingerprint density at radius 1 is 1.47 bits per heavy atom. The van der Waals surface area contributed by atoms with Crippen molar-refractivity contribution < 1.29 is 14.6 Å². The van der Waals surface area contributed by atoms with Crippen molar-refractivity contribution in [3.8, 4) is 0 Å². The minimum Gasteiger partial charge on any atom is -0.465 e. The van der Waals surface area contributed by atoms with E-state index >= 15 is 0 Å². The van der Waals surface area contributed by atoms with E-state index in [2.05, 4.69) is 14.7 Å². The van der Waals surface area contributed by atoms with Gasteiger partial charge in [-0.2, -0.15) is 0 Å². The number of rotatable bonds is 2. The lowest BCUT2D eigenvalue weighted by Crippen LogP contribution is -2.17. The molecule has 1 heterocycles. The number of nitrogens with zero attached hydrogens (tertiary/aromatic N) is 1. The molecule has 0 saturated carbocycles. The Bertz CT molecular complexity index is 567. The Kier molecular flexibility index (Phi) is 2.63. The third-order valence-corrected chi connectivity index (χ3v) is 2.50. The number of carbonyl (C=O) groups excluding carboxylic acids is 1. The van der Waals surface area contributed by atoms with Crippen LogP contribution >= 0.6 is 0 Å². The van der Waals surface area contributed by atoms with E-state index < -0.39 is 11.6 Å². The standard InChI is InChI=1S/C12H14N2O3/c1-12(2,16)11-13-8-6-4-5-7(9(8)14-11)10(15)17-3/h4-6,16H,1-3H3,(H,13,14). The molecule has 90 valence electrons. The van der Waals surface area contributed by atoms with Crippen LogP contribution in [0.1, 0.15) is 30.0 Å². The van der Waals surface area contributed by atoms with Gasteiger partial charge in [0.25, 0.3) is 0 Å². The summed E-state index contributed by atoms with van der Waals surface area (Å²) in [4.78, 5) is 18.8. The molecule has 5 nitrogen and oxygen atoms in total. The van der Waals surface area contributed by atoms with E-state index in [1.54, 1.807) is 32.0 Å². The van der Waals surface area contributed by atoms with Crippen molar-refractivity contribution >= 4 is 17.0 Å². The van der Waals surface area contributed by atoms with E-state index in [1.165, 1.54) is 7.11 Å². The summed E-state index contributed by atoms with van der Waals surface area (Å²) in [5.74, 6) is -0.0201. The molecule has 0 unspecified atom stereocenters. The number of imidazole rings is 1. The number of hydrogen-bond acceptors (Lipinski definition) is 4. The van der Waals surface area contributed by atoms with Crippen molar-refractivity contribution in [2.24, 2.45) is 0 Å². The smallest absolute Gasteiger partial charge is 0.340 e. The summed E-state index contributed by atoms with van der Waals surface area (Å²) in [6.07, 6.45) is 0. The summed E-state index contributed by atoms with van der Waals surface area (Å²) in [5.41, 5.74) is 0.519. The molecule has 0 aliphatic carbocycles. The number of aromatic amines is 1. The highest BCUT2D eigenvalue weighted by atomic mass is 16.5. The van der Waals surface area contributed by atoms with Gasteiger partial charge in [-0.15, -0.1) is 0 Å². The summed E-state index contributed by atoms with van der Waals surface area (Å²) >= 11 is 0. The lowest BCUT2D eigenvalue weighted by atomic mass is 10.1. The maximum Gasteiger partial charge on any atom is 0.340 e. The van der Waals surface area contributed by atoms with Gasteiger partial charge in [0.15, 0.2) is 0 Å². The fourth-order valence-corrected chi connectivity index (χ4v) is 1.60. The van der Waals surface area contributed by atoms with Crippen molar-refractivity contribution in [2.45, 2.75) is 19.4 Å². The second-order valence-corrected chi connectivity index (χ2v) is 4.34. The molecule has 1 aromatic heterocycles. The first kappa shape index (κ1) is 11.6.